The van der Waals surface area contributed by atoms with Gasteiger partial charge in [-0.25, -0.2) is 17.1 Å². The molecule has 0 fully saturated rings. The summed E-state index contributed by atoms with van der Waals surface area (Å²) in [4.78, 5) is 0. The summed E-state index contributed by atoms with van der Waals surface area (Å²) >= 11 is 0. The fourth-order valence-electron chi connectivity index (χ4n) is 2.90. The number of aromatic nitrogens is 2. The molecule has 1 aromatic carbocycles. The van der Waals surface area contributed by atoms with E-state index in [2.05, 4.69) is 10.2 Å². The number of nitrogens with zero attached hydrogens (tertiary/aromatic N) is 3. The van der Waals surface area contributed by atoms with Gasteiger partial charge in [0.25, 0.3) is 0 Å². The highest BCUT2D eigenvalue weighted by Gasteiger charge is 2.16. The summed E-state index contributed by atoms with van der Waals surface area (Å²) in [7, 11) is -1.62. The van der Waals surface area contributed by atoms with Gasteiger partial charge in [0, 0.05) is 31.3 Å². The van der Waals surface area contributed by atoms with Crippen LogP contribution in [0.4, 0.5) is 4.39 Å². The van der Waals surface area contributed by atoms with Crippen LogP contribution in [0.15, 0.2) is 30.3 Å². The summed E-state index contributed by atoms with van der Waals surface area (Å²) in [6.45, 7) is 0.498. The first-order valence-electron chi connectivity index (χ1n) is 9.53. The van der Waals surface area contributed by atoms with E-state index in [-0.39, 0.29) is 11.6 Å². The molecule has 0 amide bonds. The third-order valence-corrected chi connectivity index (χ3v) is 6.52. The maximum Gasteiger partial charge on any atom is 0.213 e. The Bertz CT molecular complexity index is 890. The summed E-state index contributed by atoms with van der Waals surface area (Å²) in [6, 6.07) is 10.3. The van der Waals surface area contributed by atoms with Gasteiger partial charge in [-0.1, -0.05) is 18.6 Å². The van der Waals surface area contributed by atoms with Crippen LogP contribution in [0, 0.1) is 17.1 Å². The van der Waals surface area contributed by atoms with Gasteiger partial charge in [-0.05, 0) is 50.3 Å². The minimum absolute atomic E-state index is 0.0994. The lowest BCUT2D eigenvalue weighted by Crippen LogP contribution is -2.30. The van der Waals surface area contributed by atoms with Crippen molar-refractivity contribution in [2.24, 2.45) is 0 Å². The van der Waals surface area contributed by atoms with Gasteiger partial charge >= 0.3 is 0 Å². The fourth-order valence-corrected chi connectivity index (χ4v) is 4.18. The summed E-state index contributed by atoms with van der Waals surface area (Å²) in [5.74, 6) is -0.187. The first-order chi connectivity index (χ1) is 13.4. The van der Waals surface area contributed by atoms with Gasteiger partial charge in [0.05, 0.1) is 17.5 Å². The van der Waals surface area contributed by atoms with Crippen LogP contribution in [0.2, 0.25) is 0 Å². The normalized spacial score (nSPS) is 11.6. The van der Waals surface area contributed by atoms with Gasteiger partial charge in [-0.3, -0.25) is 5.10 Å². The maximum absolute atomic E-state index is 13.3. The molecule has 1 heterocycles. The predicted octanol–water partition coefficient (Wildman–Crippen LogP) is 3.88. The summed E-state index contributed by atoms with van der Waals surface area (Å²) in [5, 5.41) is 15.7. The zero-order chi connectivity index (χ0) is 20.4. The lowest BCUT2D eigenvalue weighted by molar-refractivity contribution is 0.450. The molecule has 0 bridgehead atoms. The summed E-state index contributed by atoms with van der Waals surface area (Å²) in [5.41, 5.74) is 2.44. The van der Waals surface area contributed by atoms with E-state index in [1.54, 1.807) is 13.1 Å². The number of hydrogen-bond donors (Lipinski definition) is 1. The van der Waals surface area contributed by atoms with Crippen LogP contribution in [0.5, 0.6) is 0 Å². The second kappa shape index (κ2) is 10.9. The first kappa shape index (κ1) is 22.1. The van der Waals surface area contributed by atoms with Crippen molar-refractivity contribution in [3.8, 4) is 17.3 Å². The molecule has 0 aliphatic rings. The average Bonchev–Trinajstić information content (AvgIpc) is 3.14. The Balaban J connectivity index is 1.68. The number of rotatable bonds is 12. The molecular formula is C20H27FN4O2S. The number of unbranched alkanes of at least 4 members (excludes halogenated alkanes) is 4. The average molecular weight is 407 g/mol. The zero-order valence-electron chi connectivity index (χ0n) is 16.2. The molecule has 0 spiro atoms. The van der Waals surface area contributed by atoms with Crippen LogP contribution < -0.4 is 0 Å². The van der Waals surface area contributed by atoms with Crippen molar-refractivity contribution in [1.29, 1.82) is 5.26 Å². The molecule has 152 valence electrons. The SMILES string of the molecule is CN(CCCCCc1cc(-c2cccc(F)c2)n[nH]1)S(=O)(=O)CCCCC#N. The molecule has 0 saturated carbocycles. The zero-order valence-corrected chi connectivity index (χ0v) is 17.0. The molecule has 0 aliphatic carbocycles. The first-order valence-corrected chi connectivity index (χ1v) is 11.1. The van der Waals surface area contributed by atoms with Crippen LogP contribution in [0.25, 0.3) is 11.3 Å². The van der Waals surface area contributed by atoms with E-state index in [9.17, 15) is 12.8 Å². The van der Waals surface area contributed by atoms with E-state index >= 15 is 0 Å². The minimum Gasteiger partial charge on any atom is -0.282 e. The van der Waals surface area contributed by atoms with Gasteiger partial charge in [0.2, 0.25) is 10.0 Å². The Hall–Kier alpha value is -2.24. The van der Waals surface area contributed by atoms with Crippen molar-refractivity contribution in [2.45, 2.75) is 44.9 Å². The molecule has 28 heavy (non-hydrogen) atoms. The minimum atomic E-state index is -3.23. The molecule has 0 unspecified atom stereocenters. The van der Waals surface area contributed by atoms with Gasteiger partial charge in [0.15, 0.2) is 0 Å². The van der Waals surface area contributed by atoms with Crippen LogP contribution >= 0.6 is 0 Å². The Kier molecular flexibility index (Phi) is 8.61. The number of hydrogen-bond acceptors (Lipinski definition) is 4. The standard InChI is InChI=1S/C20H27FN4O2S/c1-25(28(26,27)14-7-3-5-12-22)13-6-2-4-11-19-16-20(24-23-19)17-9-8-10-18(21)15-17/h8-10,15-16H,2-7,11,13-14H2,1H3,(H,23,24). The number of aromatic amines is 1. The van der Waals surface area contributed by atoms with Crippen molar-refractivity contribution in [1.82, 2.24) is 14.5 Å². The number of halogens is 1. The number of nitriles is 1. The van der Waals surface area contributed by atoms with Crippen molar-refractivity contribution >= 4 is 10.0 Å². The Morgan fingerprint density at radius 2 is 2.00 bits per heavy atom. The van der Waals surface area contributed by atoms with Gasteiger partial charge in [-0.2, -0.15) is 10.4 Å². The Labute approximate surface area is 166 Å². The van der Waals surface area contributed by atoms with Gasteiger partial charge in [-0.15, -0.1) is 0 Å². The number of aryl methyl sites for hydroxylation is 1. The lowest BCUT2D eigenvalue weighted by Gasteiger charge is -2.16. The molecule has 2 rings (SSSR count). The maximum atomic E-state index is 13.3. The fraction of sp³-hybridized carbons (Fsp3) is 0.500. The highest BCUT2D eigenvalue weighted by Crippen LogP contribution is 2.19. The van der Waals surface area contributed by atoms with E-state index in [0.717, 1.165) is 42.6 Å². The second-order valence-corrected chi connectivity index (χ2v) is 9.05. The van der Waals surface area contributed by atoms with Gasteiger partial charge in [0.1, 0.15) is 5.82 Å². The number of H-pyrrole nitrogens is 1. The summed E-state index contributed by atoms with van der Waals surface area (Å²) in [6.07, 6.45) is 4.96. The smallest absolute Gasteiger partial charge is 0.213 e. The molecule has 0 aliphatic heterocycles. The van der Waals surface area contributed by atoms with Gasteiger partial charge < -0.3 is 0 Å². The quantitative estimate of drug-likeness (QED) is 0.542. The van der Waals surface area contributed by atoms with Crippen molar-refractivity contribution in [3.63, 3.8) is 0 Å². The third-order valence-electron chi connectivity index (χ3n) is 4.59. The van der Waals surface area contributed by atoms with Crippen LogP contribution in [-0.4, -0.2) is 42.3 Å². The largest absolute Gasteiger partial charge is 0.282 e. The highest BCUT2D eigenvalue weighted by atomic mass is 32.2. The van der Waals surface area contributed by atoms with E-state index in [4.69, 9.17) is 5.26 Å². The molecule has 1 N–H and O–H groups in total. The van der Waals surface area contributed by atoms with E-state index in [0.29, 0.717) is 25.8 Å². The number of sulfonamides is 1. The highest BCUT2D eigenvalue weighted by molar-refractivity contribution is 7.89. The molecule has 8 heteroatoms. The third kappa shape index (κ3) is 7.06. The molecule has 2 aromatic rings. The van der Waals surface area contributed by atoms with Crippen LogP contribution in [0.3, 0.4) is 0 Å². The van der Waals surface area contributed by atoms with E-state index in [1.165, 1.54) is 16.4 Å². The van der Waals surface area contributed by atoms with Crippen LogP contribution in [-0.2, 0) is 16.4 Å². The number of benzene rings is 1. The number of nitrogens with one attached hydrogen (secondary N) is 1. The van der Waals surface area contributed by atoms with Crippen molar-refractivity contribution in [2.75, 3.05) is 19.3 Å². The molecule has 0 radical (unpaired) electrons. The molecule has 1 aromatic heterocycles. The molecule has 6 nitrogen and oxygen atoms in total. The molecular weight excluding hydrogens is 379 g/mol. The topological polar surface area (TPSA) is 89.8 Å². The van der Waals surface area contributed by atoms with Crippen molar-refractivity contribution in [3.05, 3.63) is 41.8 Å². The molecule has 0 saturated heterocycles. The van der Waals surface area contributed by atoms with E-state index in [1.807, 2.05) is 18.2 Å². The van der Waals surface area contributed by atoms with Crippen LogP contribution in [0.1, 0.15) is 44.2 Å². The second-order valence-electron chi connectivity index (χ2n) is 6.85. The monoisotopic (exact) mass is 406 g/mol. The summed E-state index contributed by atoms with van der Waals surface area (Å²) < 4.78 is 39.0. The van der Waals surface area contributed by atoms with E-state index < -0.39 is 10.0 Å². The molecule has 0 atom stereocenters. The Morgan fingerprint density at radius 1 is 1.18 bits per heavy atom. The lowest BCUT2D eigenvalue weighted by atomic mass is 10.1. The predicted molar refractivity (Wildman–Crippen MR) is 107 cm³/mol. The van der Waals surface area contributed by atoms with Crippen molar-refractivity contribution < 1.29 is 12.8 Å². The Morgan fingerprint density at radius 3 is 2.75 bits per heavy atom.